The molecular formula is C21H21F2N3O4S2. The van der Waals surface area contributed by atoms with E-state index >= 15 is 0 Å². The minimum absolute atomic E-state index is 0.0404. The molecule has 0 saturated carbocycles. The highest BCUT2D eigenvalue weighted by atomic mass is 32.2. The Morgan fingerprint density at radius 1 is 1.16 bits per heavy atom. The molecule has 3 aromatic rings. The topological polar surface area (TPSA) is 92.5 Å². The van der Waals surface area contributed by atoms with Gasteiger partial charge < -0.3 is 9.73 Å². The number of halogens is 2. The van der Waals surface area contributed by atoms with Gasteiger partial charge in [-0.15, -0.1) is 11.3 Å². The van der Waals surface area contributed by atoms with Crippen molar-refractivity contribution < 1.29 is 26.4 Å². The van der Waals surface area contributed by atoms with Gasteiger partial charge in [0.1, 0.15) is 15.8 Å². The summed E-state index contributed by atoms with van der Waals surface area (Å²) in [4.78, 5) is 16.9. The summed E-state index contributed by atoms with van der Waals surface area (Å²) in [7, 11) is -3.46. The molecule has 3 heterocycles. The second-order valence-corrected chi connectivity index (χ2v) is 10.7. The second-order valence-electron chi connectivity index (χ2n) is 7.32. The molecular weight excluding hydrogens is 460 g/mol. The van der Waals surface area contributed by atoms with Crippen LogP contribution in [-0.2, 0) is 27.8 Å². The Hall–Kier alpha value is -2.63. The zero-order valence-electron chi connectivity index (χ0n) is 17.0. The van der Waals surface area contributed by atoms with E-state index in [0.29, 0.717) is 13.1 Å². The van der Waals surface area contributed by atoms with Crippen molar-refractivity contribution in [3.8, 4) is 11.3 Å². The maximum Gasteiger partial charge on any atom is 0.252 e. The molecule has 0 atom stereocenters. The number of nitrogens with one attached hydrogen (secondary N) is 1. The van der Waals surface area contributed by atoms with Gasteiger partial charge in [0.2, 0.25) is 5.91 Å². The van der Waals surface area contributed by atoms with E-state index < -0.39 is 21.7 Å². The molecule has 1 aromatic carbocycles. The molecule has 1 aliphatic heterocycles. The summed E-state index contributed by atoms with van der Waals surface area (Å²) in [5.74, 6) is -1.64. The van der Waals surface area contributed by atoms with Gasteiger partial charge in [0.05, 0.1) is 18.3 Å². The van der Waals surface area contributed by atoms with Crippen LogP contribution < -0.4 is 5.32 Å². The highest BCUT2D eigenvalue weighted by Gasteiger charge is 2.28. The maximum absolute atomic E-state index is 13.9. The van der Waals surface area contributed by atoms with Crippen LogP contribution in [0.3, 0.4) is 0 Å². The van der Waals surface area contributed by atoms with E-state index in [1.807, 2.05) is 0 Å². The standard InChI is InChI=1S/C21H21F2N3O4S2/c22-15-4-3-5-16(23)21(15)17-13-25-19(30-17)8-7-18(27)24-12-14-6-9-20(31-14)32(28,29)26-10-1-2-11-26/h3-6,9,13H,1-2,7-8,10-12H2,(H,24,27). The number of aryl methyl sites for hydroxylation is 1. The van der Waals surface area contributed by atoms with Gasteiger partial charge in [-0.3, -0.25) is 4.79 Å². The van der Waals surface area contributed by atoms with Crippen molar-refractivity contribution in [3.05, 3.63) is 58.9 Å². The minimum atomic E-state index is -3.46. The first-order valence-electron chi connectivity index (χ1n) is 10.1. The fraction of sp³-hybridized carbons (Fsp3) is 0.333. The molecule has 32 heavy (non-hydrogen) atoms. The molecule has 1 aliphatic rings. The number of sulfonamides is 1. The van der Waals surface area contributed by atoms with Crippen molar-refractivity contribution in [2.75, 3.05) is 13.1 Å². The molecule has 170 valence electrons. The van der Waals surface area contributed by atoms with Crippen LogP contribution in [0.2, 0.25) is 0 Å². The summed E-state index contributed by atoms with van der Waals surface area (Å²) in [5, 5.41) is 2.73. The Labute approximate surface area is 188 Å². The molecule has 0 spiro atoms. The summed E-state index contributed by atoms with van der Waals surface area (Å²) in [6.07, 6.45) is 3.18. The normalized spacial score (nSPS) is 14.7. The molecule has 2 aromatic heterocycles. The van der Waals surface area contributed by atoms with Gasteiger partial charge in [0.15, 0.2) is 11.7 Å². The zero-order chi connectivity index (χ0) is 22.7. The van der Waals surface area contributed by atoms with E-state index in [9.17, 15) is 22.0 Å². The predicted octanol–water partition coefficient (Wildman–Crippen LogP) is 3.71. The Morgan fingerprint density at radius 3 is 2.59 bits per heavy atom. The van der Waals surface area contributed by atoms with Crippen molar-refractivity contribution in [2.45, 2.75) is 36.4 Å². The van der Waals surface area contributed by atoms with Crippen LogP contribution in [-0.4, -0.2) is 36.7 Å². The number of benzene rings is 1. The Bertz CT molecular complexity index is 1200. The van der Waals surface area contributed by atoms with E-state index in [0.717, 1.165) is 41.2 Å². The van der Waals surface area contributed by atoms with Crippen molar-refractivity contribution >= 4 is 27.3 Å². The second kappa shape index (κ2) is 9.47. The zero-order valence-corrected chi connectivity index (χ0v) is 18.6. The summed E-state index contributed by atoms with van der Waals surface area (Å²) >= 11 is 1.14. The highest BCUT2D eigenvalue weighted by molar-refractivity contribution is 7.91. The quantitative estimate of drug-likeness (QED) is 0.530. The Morgan fingerprint density at radius 2 is 1.88 bits per heavy atom. The van der Waals surface area contributed by atoms with Crippen molar-refractivity contribution in [1.82, 2.24) is 14.6 Å². The number of carbonyl (C=O) groups excluding carboxylic acids is 1. The Kier molecular flexibility index (Phi) is 6.68. The third kappa shape index (κ3) is 4.89. The van der Waals surface area contributed by atoms with E-state index in [4.69, 9.17) is 4.42 Å². The maximum atomic E-state index is 13.9. The van der Waals surface area contributed by atoms with Gasteiger partial charge in [-0.05, 0) is 37.1 Å². The summed E-state index contributed by atoms with van der Waals surface area (Å²) < 4.78 is 60.0. The first-order chi connectivity index (χ1) is 15.3. The molecule has 1 fully saturated rings. The van der Waals surface area contributed by atoms with Crippen molar-refractivity contribution in [2.24, 2.45) is 0 Å². The minimum Gasteiger partial charge on any atom is -0.441 e. The summed E-state index contributed by atoms with van der Waals surface area (Å²) in [6.45, 7) is 1.28. The molecule has 0 radical (unpaired) electrons. The number of thiophene rings is 1. The molecule has 0 aliphatic carbocycles. The average molecular weight is 482 g/mol. The fourth-order valence-corrected chi connectivity index (χ4v) is 6.38. The monoisotopic (exact) mass is 481 g/mol. The summed E-state index contributed by atoms with van der Waals surface area (Å²) in [6, 6.07) is 6.77. The van der Waals surface area contributed by atoms with Gasteiger partial charge in [-0.1, -0.05) is 6.07 Å². The number of aromatic nitrogens is 1. The highest BCUT2D eigenvalue weighted by Crippen LogP contribution is 2.28. The van der Waals surface area contributed by atoms with Crippen molar-refractivity contribution in [1.29, 1.82) is 0 Å². The van der Waals surface area contributed by atoms with E-state index in [1.54, 1.807) is 12.1 Å². The number of nitrogens with zero attached hydrogens (tertiary/aromatic N) is 2. The molecule has 0 bridgehead atoms. The average Bonchev–Trinajstić information content (AvgIpc) is 3.53. The molecule has 1 amide bonds. The van der Waals surface area contributed by atoms with Gasteiger partial charge in [0.25, 0.3) is 10.0 Å². The first kappa shape index (κ1) is 22.6. The number of amides is 1. The lowest BCUT2D eigenvalue weighted by molar-refractivity contribution is -0.121. The van der Waals surface area contributed by atoms with Crippen LogP contribution >= 0.6 is 11.3 Å². The number of oxazole rings is 1. The van der Waals surface area contributed by atoms with Crippen LogP contribution in [0.25, 0.3) is 11.3 Å². The van der Waals surface area contributed by atoms with E-state index in [2.05, 4.69) is 10.3 Å². The molecule has 11 heteroatoms. The molecule has 1 N–H and O–H groups in total. The number of rotatable bonds is 8. The smallest absolute Gasteiger partial charge is 0.252 e. The predicted molar refractivity (Wildman–Crippen MR) is 114 cm³/mol. The van der Waals surface area contributed by atoms with Gasteiger partial charge in [-0.25, -0.2) is 22.2 Å². The van der Waals surface area contributed by atoms with Crippen LogP contribution in [0.15, 0.2) is 45.2 Å². The van der Waals surface area contributed by atoms with E-state index in [-0.39, 0.29) is 46.7 Å². The van der Waals surface area contributed by atoms with Gasteiger partial charge >= 0.3 is 0 Å². The van der Waals surface area contributed by atoms with Crippen LogP contribution in [0.5, 0.6) is 0 Å². The van der Waals surface area contributed by atoms with Gasteiger partial charge in [-0.2, -0.15) is 4.31 Å². The first-order valence-corrected chi connectivity index (χ1v) is 12.3. The lowest BCUT2D eigenvalue weighted by Crippen LogP contribution is -2.27. The van der Waals surface area contributed by atoms with Crippen LogP contribution in [0.4, 0.5) is 8.78 Å². The number of carbonyl (C=O) groups is 1. The molecule has 4 rings (SSSR count). The van der Waals surface area contributed by atoms with Crippen LogP contribution in [0, 0.1) is 11.6 Å². The van der Waals surface area contributed by atoms with Gasteiger partial charge in [0, 0.05) is 30.8 Å². The third-order valence-corrected chi connectivity index (χ3v) is 8.54. The third-order valence-electron chi connectivity index (χ3n) is 5.08. The Balaban J connectivity index is 1.29. The fourth-order valence-electron chi connectivity index (χ4n) is 3.42. The summed E-state index contributed by atoms with van der Waals surface area (Å²) in [5.41, 5.74) is -0.298. The molecule has 1 saturated heterocycles. The van der Waals surface area contributed by atoms with Crippen molar-refractivity contribution in [3.63, 3.8) is 0 Å². The lowest BCUT2D eigenvalue weighted by atomic mass is 10.1. The largest absolute Gasteiger partial charge is 0.441 e. The number of hydrogen-bond donors (Lipinski definition) is 1. The van der Waals surface area contributed by atoms with Crippen LogP contribution in [0.1, 0.15) is 30.0 Å². The lowest BCUT2D eigenvalue weighted by Gasteiger charge is -2.13. The number of hydrogen-bond acceptors (Lipinski definition) is 6. The van der Waals surface area contributed by atoms with E-state index in [1.165, 1.54) is 16.6 Å². The molecule has 0 unspecified atom stereocenters. The SMILES string of the molecule is O=C(CCc1ncc(-c2c(F)cccc2F)o1)NCc1ccc(S(=O)(=O)N2CCCC2)s1. The molecule has 7 nitrogen and oxygen atoms in total.